The van der Waals surface area contributed by atoms with Gasteiger partial charge in [-0.15, -0.1) is 0 Å². The van der Waals surface area contributed by atoms with Crippen molar-refractivity contribution in [3.8, 4) is 17.1 Å². The molecule has 5 nitrogen and oxygen atoms in total. The Hall–Kier alpha value is -3.31. The highest BCUT2D eigenvalue weighted by molar-refractivity contribution is 6.30. The summed E-state index contributed by atoms with van der Waals surface area (Å²) in [4.78, 5) is 13.0. The molecule has 140 valence electrons. The molecule has 1 amide bonds. The minimum absolute atomic E-state index is 0.144. The molecule has 6 heteroatoms. The molecule has 2 heterocycles. The van der Waals surface area contributed by atoms with Crippen molar-refractivity contribution in [1.82, 2.24) is 15.1 Å². The molecule has 0 saturated heterocycles. The molecule has 2 aromatic carbocycles. The Morgan fingerprint density at radius 3 is 2.50 bits per heavy atom. The zero-order valence-corrected chi connectivity index (χ0v) is 15.9. The molecule has 4 rings (SSSR count). The van der Waals surface area contributed by atoms with E-state index in [0.29, 0.717) is 22.2 Å². The molecule has 0 saturated carbocycles. The molecule has 1 N–H and O–H groups in total. The average molecular weight is 392 g/mol. The summed E-state index contributed by atoms with van der Waals surface area (Å²) >= 11 is 6.00. The number of hydrogen-bond acceptors (Lipinski definition) is 3. The standard InChI is InChI=1S/C22H18ClN3O2/c1-15(16-6-3-2-4-7-16)24-22(27)20-14-19(21-8-5-13-28-21)25-26(20)18-11-9-17(23)10-12-18/h2-15H,1H3,(H,24,27)/t15-/m0/s1. The quantitative estimate of drug-likeness (QED) is 0.503. The topological polar surface area (TPSA) is 60.1 Å². The van der Waals surface area contributed by atoms with Gasteiger partial charge in [0.2, 0.25) is 0 Å². The van der Waals surface area contributed by atoms with E-state index in [1.165, 1.54) is 0 Å². The number of halogens is 1. The molecule has 0 unspecified atom stereocenters. The zero-order valence-electron chi connectivity index (χ0n) is 15.2. The average Bonchev–Trinajstić information content (AvgIpc) is 3.39. The molecule has 28 heavy (non-hydrogen) atoms. The van der Waals surface area contributed by atoms with Crippen LogP contribution in [0.15, 0.2) is 83.5 Å². The predicted octanol–water partition coefficient (Wildman–Crippen LogP) is 5.28. The molecule has 4 aromatic rings. The number of carbonyl (C=O) groups is 1. The van der Waals surface area contributed by atoms with Crippen LogP contribution in [-0.2, 0) is 0 Å². The van der Waals surface area contributed by atoms with E-state index in [0.717, 1.165) is 11.3 Å². The van der Waals surface area contributed by atoms with Gasteiger partial charge in [-0.2, -0.15) is 5.10 Å². The minimum atomic E-state index is -0.225. The van der Waals surface area contributed by atoms with Crippen LogP contribution < -0.4 is 5.32 Å². The van der Waals surface area contributed by atoms with Gasteiger partial charge in [-0.3, -0.25) is 4.79 Å². The van der Waals surface area contributed by atoms with Gasteiger partial charge in [0.1, 0.15) is 11.4 Å². The Morgan fingerprint density at radius 1 is 1.07 bits per heavy atom. The van der Waals surface area contributed by atoms with Crippen LogP contribution in [0.3, 0.4) is 0 Å². The number of carbonyl (C=O) groups excluding carboxylic acids is 1. The summed E-state index contributed by atoms with van der Waals surface area (Å²) in [5, 5.41) is 8.23. The highest BCUT2D eigenvalue weighted by Crippen LogP contribution is 2.24. The molecule has 0 fully saturated rings. The van der Waals surface area contributed by atoms with Crippen LogP contribution in [0.2, 0.25) is 5.02 Å². The Balaban J connectivity index is 1.70. The number of nitrogens with one attached hydrogen (secondary N) is 1. The van der Waals surface area contributed by atoms with Crippen LogP contribution in [-0.4, -0.2) is 15.7 Å². The first-order valence-electron chi connectivity index (χ1n) is 8.87. The van der Waals surface area contributed by atoms with E-state index in [2.05, 4.69) is 10.4 Å². The summed E-state index contributed by atoms with van der Waals surface area (Å²) < 4.78 is 7.04. The molecule has 0 radical (unpaired) electrons. The summed E-state index contributed by atoms with van der Waals surface area (Å²) in [5.74, 6) is 0.370. The summed E-state index contributed by atoms with van der Waals surface area (Å²) in [7, 11) is 0. The van der Waals surface area contributed by atoms with Crippen molar-refractivity contribution in [2.75, 3.05) is 0 Å². The van der Waals surface area contributed by atoms with E-state index >= 15 is 0 Å². The van der Waals surface area contributed by atoms with Crippen molar-refractivity contribution in [2.45, 2.75) is 13.0 Å². The SMILES string of the molecule is C[C@H](NC(=O)c1cc(-c2ccco2)nn1-c1ccc(Cl)cc1)c1ccccc1. The lowest BCUT2D eigenvalue weighted by Crippen LogP contribution is -2.28. The molecule has 0 aliphatic heterocycles. The number of hydrogen-bond donors (Lipinski definition) is 1. The third-order valence-corrected chi connectivity index (χ3v) is 4.69. The fraction of sp³-hybridized carbons (Fsp3) is 0.0909. The number of amides is 1. The third kappa shape index (κ3) is 3.70. The monoisotopic (exact) mass is 391 g/mol. The largest absolute Gasteiger partial charge is 0.463 e. The van der Waals surface area contributed by atoms with Crippen molar-refractivity contribution in [3.05, 3.63) is 95.3 Å². The van der Waals surface area contributed by atoms with Crippen molar-refractivity contribution in [1.29, 1.82) is 0 Å². The molecule has 0 spiro atoms. The molecule has 2 aromatic heterocycles. The number of nitrogens with zero attached hydrogens (tertiary/aromatic N) is 2. The third-order valence-electron chi connectivity index (χ3n) is 4.43. The van der Waals surface area contributed by atoms with Gasteiger partial charge in [-0.25, -0.2) is 4.68 Å². The Morgan fingerprint density at radius 2 is 1.82 bits per heavy atom. The fourth-order valence-electron chi connectivity index (χ4n) is 2.96. The Labute approximate surface area is 167 Å². The summed E-state index contributed by atoms with van der Waals surface area (Å²) in [5.41, 5.74) is 2.76. The molecular formula is C22H18ClN3O2. The van der Waals surface area contributed by atoms with Gasteiger partial charge in [0.05, 0.1) is 18.0 Å². The molecule has 0 aliphatic carbocycles. The van der Waals surface area contributed by atoms with Crippen LogP contribution >= 0.6 is 11.6 Å². The van der Waals surface area contributed by atoms with Crippen molar-refractivity contribution >= 4 is 17.5 Å². The van der Waals surface area contributed by atoms with Crippen LogP contribution in [0, 0.1) is 0 Å². The molecule has 1 atom stereocenters. The maximum absolute atomic E-state index is 13.0. The molecule has 0 bridgehead atoms. The van der Waals surface area contributed by atoms with E-state index in [4.69, 9.17) is 16.0 Å². The van der Waals surface area contributed by atoms with Gasteiger partial charge in [-0.1, -0.05) is 41.9 Å². The second-order valence-corrected chi connectivity index (χ2v) is 6.82. The first kappa shape index (κ1) is 18.1. The van der Waals surface area contributed by atoms with Gasteiger partial charge in [0.15, 0.2) is 5.76 Å². The van der Waals surface area contributed by atoms with Gasteiger partial charge in [-0.05, 0) is 48.9 Å². The van der Waals surface area contributed by atoms with Gasteiger partial charge < -0.3 is 9.73 Å². The summed E-state index contributed by atoms with van der Waals surface area (Å²) in [6.45, 7) is 1.95. The summed E-state index contributed by atoms with van der Waals surface area (Å²) in [6, 6.07) is 22.1. The Kier molecular flexibility index (Phi) is 5.00. The lowest BCUT2D eigenvalue weighted by molar-refractivity contribution is 0.0932. The predicted molar refractivity (Wildman–Crippen MR) is 109 cm³/mol. The normalized spacial score (nSPS) is 11.9. The summed E-state index contributed by atoms with van der Waals surface area (Å²) in [6.07, 6.45) is 1.58. The Bertz CT molecular complexity index is 1070. The van der Waals surface area contributed by atoms with E-state index < -0.39 is 0 Å². The number of benzene rings is 2. The number of furan rings is 1. The van der Waals surface area contributed by atoms with Crippen molar-refractivity contribution in [2.24, 2.45) is 0 Å². The fourth-order valence-corrected chi connectivity index (χ4v) is 3.09. The van der Waals surface area contributed by atoms with Crippen LogP contribution in [0.5, 0.6) is 0 Å². The maximum atomic E-state index is 13.0. The maximum Gasteiger partial charge on any atom is 0.270 e. The highest BCUT2D eigenvalue weighted by atomic mass is 35.5. The van der Waals surface area contributed by atoms with Crippen LogP contribution in [0.25, 0.3) is 17.1 Å². The van der Waals surface area contributed by atoms with Crippen molar-refractivity contribution in [3.63, 3.8) is 0 Å². The number of aromatic nitrogens is 2. The zero-order chi connectivity index (χ0) is 19.5. The van der Waals surface area contributed by atoms with Gasteiger partial charge in [0.25, 0.3) is 5.91 Å². The van der Waals surface area contributed by atoms with Gasteiger partial charge in [0, 0.05) is 11.1 Å². The van der Waals surface area contributed by atoms with Crippen LogP contribution in [0.4, 0.5) is 0 Å². The van der Waals surface area contributed by atoms with E-state index in [-0.39, 0.29) is 11.9 Å². The van der Waals surface area contributed by atoms with E-state index in [1.807, 2.05) is 55.5 Å². The highest BCUT2D eigenvalue weighted by Gasteiger charge is 2.20. The second kappa shape index (κ2) is 7.74. The van der Waals surface area contributed by atoms with Crippen LogP contribution in [0.1, 0.15) is 29.0 Å². The lowest BCUT2D eigenvalue weighted by Gasteiger charge is -2.15. The molecular weight excluding hydrogens is 374 g/mol. The second-order valence-electron chi connectivity index (χ2n) is 6.39. The van der Waals surface area contributed by atoms with Gasteiger partial charge >= 0.3 is 0 Å². The number of rotatable bonds is 5. The lowest BCUT2D eigenvalue weighted by atomic mass is 10.1. The smallest absolute Gasteiger partial charge is 0.270 e. The van der Waals surface area contributed by atoms with E-state index in [1.54, 1.807) is 35.2 Å². The first-order chi connectivity index (χ1) is 13.6. The van der Waals surface area contributed by atoms with E-state index in [9.17, 15) is 4.79 Å². The minimum Gasteiger partial charge on any atom is -0.463 e. The molecule has 0 aliphatic rings. The van der Waals surface area contributed by atoms with Crippen molar-refractivity contribution < 1.29 is 9.21 Å². The first-order valence-corrected chi connectivity index (χ1v) is 9.25.